The second-order valence-electron chi connectivity index (χ2n) is 5.93. The first-order chi connectivity index (χ1) is 11.4. The van der Waals surface area contributed by atoms with E-state index in [0.29, 0.717) is 11.1 Å². The molecule has 0 spiro atoms. The molecular formula is C18H23N3O3. The Morgan fingerprint density at radius 2 is 1.83 bits per heavy atom. The molecular weight excluding hydrogens is 306 g/mol. The number of ether oxygens (including phenoxy) is 1. The molecule has 0 aliphatic carbocycles. The van der Waals surface area contributed by atoms with Crippen molar-refractivity contribution in [2.24, 2.45) is 0 Å². The molecule has 0 fully saturated rings. The molecule has 1 aromatic heterocycles. The summed E-state index contributed by atoms with van der Waals surface area (Å²) in [4.78, 5) is 32.7. The summed E-state index contributed by atoms with van der Waals surface area (Å²) in [7, 11) is 0. The molecule has 6 nitrogen and oxygen atoms in total. The molecule has 0 aliphatic rings. The van der Waals surface area contributed by atoms with E-state index >= 15 is 0 Å². The molecule has 6 heteroatoms. The molecule has 24 heavy (non-hydrogen) atoms. The third-order valence-electron chi connectivity index (χ3n) is 3.77. The van der Waals surface area contributed by atoms with Gasteiger partial charge in [0, 0.05) is 6.04 Å². The minimum absolute atomic E-state index is 0.0726. The van der Waals surface area contributed by atoms with Gasteiger partial charge in [0.05, 0.1) is 28.0 Å². The Kier molecular flexibility index (Phi) is 5.84. The second-order valence-corrected chi connectivity index (χ2v) is 5.93. The topological polar surface area (TPSA) is 81.2 Å². The zero-order chi connectivity index (χ0) is 17.7. The third-order valence-corrected chi connectivity index (χ3v) is 3.77. The van der Waals surface area contributed by atoms with Crippen LogP contribution in [-0.4, -0.2) is 34.5 Å². The number of rotatable bonds is 6. The zero-order valence-corrected chi connectivity index (χ0v) is 14.5. The minimum Gasteiger partial charge on any atom is -0.452 e. The molecule has 0 bridgehead atoms. The largest absolute Gasteiger partial charge is 0.452 e. The molecule has 1 amide bonds. The van der Waals surface area contributed by atoms with Crippen LogP contribution in [0.3, 0.4) is 0 Å². The Balaban J connectivity index is 2.01. The number of hydrogen-bond donors (Lipinski definition) is 1. The maximum Gasteiger partial charge on any atom is 0.338 e. The Bertz CT molecular complexity index is 759. The van der Waals surface area contributed by atoms with Crippen molar-refractivity contribution in [3.05, 3.63) is 35.2 Å². The van der Waals surface area contributed by atoms with Crippen molar-refractivity contribution in [1.82, 2.24) is 15.3 Å². The van der Waals surface area contributed by atoms with E-state index in [9.17, 15) is 9.59 Å². The van der Waals surface area contributed by atoms with Crippen molar-refractivity contribution in [2.75, 3.05) is 6.61 Å². The van der Waals surface area contributed by atoms with E-state index < -0.39 is 5.97 Å². The summed E-state index contributed by atoms with van der Waals surface area (Å²) in [6, 6.07) is 5.07. The lowest BCUT2D eigenvalue weighted by Crippen LogP contribution is -2.35. The van der Waals surface area contributed by atoms with E-state index in [0.717, 1.165) is 29.7 Å². The number of aromatic nitrogens is 2. The number of benzene rings is 1. The van der Waals surface area contributed by atoms with Gasteiger partial charge in [0.25, 0.3) is 5.91 Å². The predicted molar refractivity (Wildman–Crippen MR) is 91.8 cm³/mol. The fourth-order valence-electron chi connectivity index (χ4n) is 2.39. The second kappa shape index (κ2) is 7.86. The van der Waals surface area contributed by atoms with Crippen molar-refractivity contribution in [3.8, 4) is 0 Å². The summed E-state index contributed by atoms with van der Waals surface area (Å²) >= 11 is 0. The van der Waals surface area contributed by atoms with E-state index in [1.807, 2.05) is 20.8 Å². The molecule has 0 aliphatic heterocycles. The average Bonchev–Trinajstić information content (AvgIpc) is 2.53. The summed E-state index contributed by atoms with van der Waals surface area (Å²) in [6.07, 6.45) is 1.88. The van der Waals surface area contributed by atoms with Crippen LogP contribution in [0.5, 0.6) is 0 Å². The Morgan fingerprint density at radius 1 is 1.17 bits per heavy atom. The Hall–Kier alpha value is -2.50. The predicted octanol–water partition coefficient (Wildman–Crippen LogP) is 2.71. The van der Waals surface area contributed by atoms with Gasteiger partial charge in [0.15, 0.2) is 6.61 Å². The van der Waals surface area contributed by atoms with Crippen molar-refractivity contribution >= 4 is 22.9 Å². The van der Waals surface area contributed by atoms with Gasteiger partial charge in [-0.2, -0.15) is 0 Å². The first-order valence-electron chi connectivity index (χ1n) is 8.12. The SMILES string of the molecule is CCC[C@H](C)NC(=O)COC(=O)c1ccc2nc(C)c(C)nc2c1. The highest BCUT2D eigenvalue weighted by atomic mass is 16.5. The van der Waals surface area contributed by atoms with Gasteiger partial charge in [-0.05, 0) is 45.4 Å². The van der Waals surface area contributed by atoms with Crippen molar-refractivity contribution in [2.45, 2.75) is 46.6 Å². The molecule has 0 unspecified atom stereocenters. The number of nitrogens with zero attached hydrogens (tertiary/aromatic N) is 2. The molecule has 1 heterocycles. The number of nitrogens with one attached hydrogen (secondary N) is 1. The van der Waals surface area contributed by atoms with E-state index in [1.165, 1.54) is 0 Å². The number of aryl methyl sites for hydroxylation is 2. The van der Waals surface area contributed by atoms with Crippen LogP contribution in [0.2, 0.25) is 0 Å². The molecule has 1 N–H and O–H groups in total. The van der Waals surface area contributed by atoms with Gasteiger partial charge in [-0.3, -0.25) is 4.79 Å². The van der Waals surface area contributed by atoms with E-state index in [-0.39, 0.29) is 18.6 Å². The van der Waals surface area contributed by atoms with Crippen molar-refractivity contribution in [1.29, 1.82) is 0 Å². The highest BCUT2D eigenvalue weighted by Gasteiger charge is 2.13. The Morgan fingerprint density at radius 3 is 2.50 bits per heavy atom. The number of fused-ring (bicyclic) bond motifs is 1. The number of esters is 1. The molecule has 1 atom stereocenters. The number of hydrogen-bond acceptors (Lipinski definition) is 5. The standard InChI is InChI=1S/C18H23N3O3/c1-5-6-11(2)19-17(22)10-24-18(23)14-7-8-15-16(9-14)21-13(4)12(3)20-15/h7-9,11H,5-6,10H2,1-4H3,(H,19,22)/t11-/m0/s1. The van der Waals surface area contributed by atoms with Crippen LogP contribution < -0.4 is 5.32 Å². The fourth-order valence-corrected chi connectivity index (χ4v) is 2.39. The summed E-state index contributed by atoms with van der Waals surface area (Å²) < 4.78 is 5.07. The first kappa shape index (κ1) is 17.8. The lowest BCUT2D eigenvalue weighted by atomic mass is 10.2. The van der Waals surface area contributed by atoms with E-state index in [4.69, 9.17) is 4.74 Å². The summed E-state index contributed by atoms with van der Waals surface area (Å²) in [6.45, 7) is 7.45. The fraction of sp³-hybridized carbons (Fsp3) is 0.444. The monoisotopic (exact) mass is 329 g/mol. The lowest BCUT2D eigenvalue weighted by molar-refractivity contribution is -0.124. The van der Waals surface area contributed by atoms with Crippen LogP contribution in [0.4, 0.5) is 0 Å². The van der Waals surface area contributed by atoms with Crippen LogP contribution in [0.15, 0.2) is 18.2 Å². The van der Waals surface area contributed by atoms with Gasteiger partial charge >= 0.3 is 5.97 Å². The summed E-state index contributed by atoms with van der Waals surface area (Å²) in [5.41, 5.74) is 3.39. The maximum absolute atomic E-state index is 12.1. The third kappa shape index (κ3) is 4.50. The van der Waals surface area contributed by atoms with E-state index in [1.54, 1.807) is 18.2 Å². The molecule has 2 rings (SSSR count). The summed E-state index contributed by atoms with van der Waals surface area (Å²) in [5.74, 6) is -0.841. The van der Waals surface area contributed by atoms with Gasteiger partial charge < -0.3 is 10.1 Å². The van der Waals surface area contributed by atoms with Gasteiger partial charge in [-0.1, -0.05) is 13.3 Å². The van der Waals surface area contributed by atoms with Crippen LogP contribution in [-0.2, 0) is 9.53 Å². The molecule has 2 aromatic rings. The quantitative estimate of drug-likeness (QED) is 0.824. The molecule has 0 radical (unpaired) electrons. The molecule has 0 saturated heterocycles. The molecule has 128 valence electrons. The smallest absolute Gasteiger partial charge is 0.338 e. The van der Waals surface area contributed by atoms with E-state index in [2.05, 4.69) is 22.2 Å². The lowest BCUT2D eigenvalue weighted by Gasteiger charge is -2.12. The highest BCUT2D eigenvalue weighted by Crippen LogP contribution is 2.15. The minimum atomic E-state index is -0.546. The van der Waals surface area contributed by atoms with Crippen molar-refractivity contribution in [3.63, 3.8) is 0 Å². The average molecular weight is 329 g/mol. The zero-order valence-electron chi connectivity index (χ0n) is 14.5. The van der Waals surface area contributed by atoms with Gasteiger partial charge in [0.1, 0.15) is 0 Å². The van der Waals surface area contributed by atoms with Gasteiger partial charge in [0.2, 0.25) is 0 Å². The molecule has 1 aromatic carbocycles. The number of carbonyl (C=O) groups excluding carboxylic acids is 2. The van der Waals surface area contributed by atoms with Crippen LogP contribution >= 0.6 is 0 Å². The highest BCUT2D eigenvalue weighted by molar-refractivity contribution is 5.94. The van der Waals surface area contributed by atoms with Crippen LogP contribution in [0.25, 0.3) is 11.0 Å². The number of carbonyl (C=O) groups is 2. The maximum atomic E-state index is 12.1. The summed E-state index contributed by atoms with van der Waals surface area (Å²) in [5, 5.41) is 2.79. The first-order valence-corrected chi connectivity index (χ1v) is 8.12. The number of amides is 1. The van der Waals surface area contributed by atoms with Crippen LogP contribution in [0.1, 0.15) is 48.4 Å². The van der Waals surface area contributed by atoms with Crippen molar-refractivity contribution < 1.29 is 14.3 Å². The van der Waals surface area contributed by atoms with Crippen LogP contribution in [0, 0.1) is 13.8 Å². The van der Waals surface area contributed by atoms with Gasteiger partial charge in [-0.15, -0.1) is 0 Å². The Labute approximate surface area is 141 Å². The normalized spacial score (nSPS) is 12.0. The van der Waals surface area contributed by atoms with Gasteiger partial charge in [-0.25, -0.2) is 14.8 Å². The molecule has 0 saturated carbocycles.